The van der Waals surface area contributed by atoms with Gasteiger partial charge in [0.05, 0.1) is 18.6 Å². The van der Waals surface area contributed by atoms with E-state index in [-0.39, 0.29) is 5.78 Å². The highest BCUT2D eigenvalue weighted by Gasteiger charge is 2.44. The molecule has 0 saturated heterocycles. The van der Waals surface area contributed by atoms with Gasteiger partial charge in [0.2, 0.25) is 0 Å². The van der Waals surface area contributed by atoms with E-state index in [0.29, 0.717) is 19.3 Å². The van der Waals surface area contributed by atoms with Crippen LogP contribution in [-0.2, 0) is 11.2 Å². The molecule has 22 heavy (non-hydrogen) atoms. The Kier molecular flexibility index (Phi) is 4.09. The van der Waals surface area contributed by atoms with Crippen LogP contribution < -0.4 is 4.74 Å². The summed E-state index contributed by atoms with van der Waals surface area (Å²) in [7, 11) is 1.69. The molecule has 118 valence electrons. The molecular formula is C19H24O3. The van der Waals surface area contributed by atoms with Gasteiger partial charge in [-0.3, -0.25) is 4.79 Å². The van der Waals surface area contributed by atoms with Gasteiger partial charge < -0.3 is 9.84 Å². The van der Waals surface area contributed by atoms with Crippen LogP contribution in [0.4, 0.5) is 0 Å². The number of carbonyl (C=O) groups is 1. The normalized spacial score (nSPS) is 29.7. The lowest BCUT2D eigenvalue weighted by Gasteiger charge is -2.26. The van der Waals surface area contributed by atoms with Gasteiger partial charge in [-0.05, 0) is 67.9 Å². The first-order chi connectivity index (χ1) is 10.5. The highest BCUT2D eigenvalue weighted by molar-refractivity contribution is 5.88. The van der Waals surface area contributed by atoms with Crippen molar-refractivity contribution >= 4 is 11.4 Å². The van der Waals surface area contributed by atoms with E-state index in [9.17, 15) is 9.90 Å². The van der Waals surface area contributed by atoms with E-state index in [2.05, 4.69) is 18.2 Å². The first-order valence-corrected chi connectivity index (χ1v) is 8.12. The number of ketones is 1. The molecule has 1 N–H and O–H groups in total. The van der Waals surface area contributed by atoms with Gasteiger partial charge in [-0.15, -0.1) is 0 Å². The highest BCUT2D eigenvalue weighted by atomic mass is 16.5. The zero-order valence-electron chi connectivity index (χ0n) is 13.4. The Balaban J connectivity index is 1.86. The standard InChI is InChI=1S/C19H24O3/c1-19(17(20)8-9-18(19)21)11-10-13-4-3-5-14-12-15(22-2)6-7-16(13)14/h6-7,10,12,17,20H,3-5,8-9,11H2,1-2H3/t17-,19-/m0/s1. The molecular weight excluding hydrogens is 276 g/mol. The number of methoxy groups -OCH3 is 1. The maximum absolute atomic E-state index is 12.1. The van der Waals surface area contributed by atoms with E-state index in [1.807, 2.05) is 13.0 Å². The topological polar surface area (TPSA) is 46.5 Å². The number of Topliss-reactive ketones (excluding diaryl/α,β-unsaturated/α-hetero) is 1. The Bertz CT molecular complexity index is 617. The van der Waals surface area contributed by atoms with E-state index >= 15 is 0 Å². The van der Waals surface area contributed by atoms with Crippen LogP contribution in [0.2, 0.25) is 0 Å². The van der Waals surface area contributed by atoms with Gasteiger partial charge >= 0.3 is 0 Å². The van der Waals surface area contributed by atoms with E-state index in [0.717, 1.165) is 25.0 Å². The second kappa shape index (κ2) is 5.88. The molecule has 0 spiro atoms. The second-order valence-electron chi connectivity index (χ2n) is 6.71. The molecule has 0 bridgehead atoms. The fourth-order valence-corrected chi connectivity index (χ4v) is 3.68. The lowest BCUT2D eigenvalue weighted by Crippen LogP contribution is -2.32. The summed E-state index contributed by atoms with van der Waals surface area (Å²) in [5.74, 6) is 1.09. The zero-order chi connectivity index (χ0) is 15.7. The molecule has 3 nitrogen and oxygen atoms in total. The number of fused-ring (bicyclic) bond motifs is 1. The van der Waals surface area contributed by atoms with Gasteiger partial charge in [0.15, 0.2) is 0 Å². The molecule has 0 aromatic heterocycles. The first-order valence-electron chi connectivity index (χ1n) is 8.12. The van der Waals surface area contributed by atoms with Crippen molar-refractivity contribution in [1.29, 1.82) is 0 Å². The monoisotopic (exact) mass is 300 g/mol. The fraction of sp³-hybridized carbons (Fsp3) is 0.526. The molecule has 2 atom stereocenters. The summed E-state index contributed by atoms with van der Waals surface area (Å²) >= 11 is 0. The van der Waals surface area contributed by atoms with Crippen molar-refractivity contribution in [3.8, 4) is 5.75 Å². The van der Waals surface area contributed by atoms with Crippen LogP contribution in [0.1, 0.15) is 50.2 Å². The van der Waals surface area contributed by atoms with Gasteiger partial charge in [-0.2, -0.15) is 0 Å². The number of hydrogen-bond acceptors (Lipinski definition) is 3. The van der Waals surface area contributed by atoms with Crippen LogP contribution in [0, 0.1) is 5.41 Å². The molecule has 0 unspecified atom stereocenters. The van der Waals surface area contributed by atoms with Gasteiger partial charge in [-0.1, -0.05) is 12.1 Å². The quantitative estimate of drug-likeness (QED) is 0.929. The van der Waals surface area contributed by atoms with Gasteiger partial charge in [0.25, 0.3) is 0 Å². The van der Waals surface area contributed by atoms with Gasteiger partial charge in [0.1, 0.15) is 11.5 Å². The van der Waals surface area contributed by atoms with Crippen molar-refractivity contribution in [1.82, 2.24) is 0 Å². The lowest BCUT2D eigenvalue weighted by atomic mass is 9.79. The van der Waals surface area contributed by atoms with Crippen molar-refractivity contribution in [3.05, 3.63) is 35.4 Å². The Labute approximate surface area is 132 Å². The van der Waals surface area contributed by atoms with Crippen LogP contribution in [-0.4, -0.2) is 24.1 Å². The second-order valence-corrected chi connectivity index (χ2v) is 6.71. The minimum absolute atomic E-state index is 0.197. The van der Waals surface area contributed by atoms with Crippen LogP contribution in [0.5, 0.6) is 5.75 Å². The maximum Gasteiger partial charge on any atom is 0.141 e. The summed E-state index contributed by atoms with van der Waals surface area (Å²) in [4.78, 5) is 12.1. The molecule has 3 rings (SSSR count). The van der Waals surface area contributed by atoms with E-state index in [1.54, 1.807) is 7.11 Å². The Morgan fingerprint density at radius 2 is 2.18 bits per heavy atom. The molecule has 0 radical (unpaired) electrons. The van der Waals surface area contributed by atoms with E-state index in [1.165, 1.54) is 16.7 Å². The Hall–Kier alpha value is -1.61. The molecule has 2 aliphatic rings. The number of benzene rings is 1. The molecule has 1 aromatic rings. The van der Waals surface area contributed by atoms with E-state index in [4.69, 9.17) is 4.74 Å². The molecule has 1 saturated carbocycles. The zero-order valence-corrected chi connectivity index (χ0v) is 13.4. The third-order valence-electron chi connectivity index (χ3n) is 5.34. The largest absolute Gasteiger partial charge is 0.497 e. The number of allylic oxidation sites excluding steroid dienone is 2. The van der Waals surface area contributed by atoms with Crippen LogP contribution in [0.25, 0.3) is 5.57 Å². The highest BCUT2D eigenvalue weighted by Crippen LogP contribution is 2.40. The van der Waals surface area contributed by atoms with Crippen molar-refractivity contribution in [2.75, 3.05) is 7.11 Å². The summed E-state index contributed by atoms with van der Waals surface area (Å²) < 4.78 is 5.30. The minimum atomic E-state index is -0.600. The van der Waals surface area contributed by atoms with Crippen LogP contribution >= 0.6 is 0 Å². The number of aryl methyl sites for hydroxylation is 1. The van der Waals surface area contributed by atoms with Crippen molar-refractivity contribution < 1.29 is 14.6 Å². The molecule has 3 heteroatoms. The van der Waals surface area contributed by atoms with Crippen molar-refractivity contribution in [3.63, 3.8) is 0 Å². The van der Waals surface area contributed by atoms with Crippen molar-refractivity contribution in [2.24, 2.45) is 5.41 Å². The number of carbonyl (C=O) groups excluding carboxylic acids is 1. The molecule has 1 aromatic carbocycles. The number of ether oxygens (including phenoxy) is 1. The number of rotatable bonds is 3. The number of hydrogen-bond donors (Lipinski definition) is 1. The van der Waals surface area contributed by atoms with Crippen molar-refractivity contribution in [2.45, 2.75) is 51.6 Å². The molecule has 0 amide bonds. The predicted octanol–water partition coefficient (Wildman–Crippen LogP) is 3.54. The summed E-state index contributed by atoms with van der Waals surface area (Å²) in [6.45, 7) is 1.90. The van der Waals surface area contributed by atoms with E-state index < -0.39 is 11.5 Å². The third kappa shape index (κ3) is 2.58. The summed E-state index contributed by atoms with van der Waals surface area (Å²) in [5, 5.41) is 10.1. The average molecular weight is 300 g/mol. The van der Waals surface area contributed by atoms with Gasteiger partial charge in [0, 0.05) is 6.42 Å². The number of aliphatic hydroxyl groups excluding tert-OH is 1. The third-order valence-corrected chi connectivity index (χ3v) is 5.34. The Morgan fingerprint density at radius 3 is 2.86 bits per heavy atom. The number of aliphatic hydroxyl groups is 1. The molecule has 0 heterocycles. The first kappa shape index (κ1) is 15.3. The smallest absolute Gasteiger partial charge is 0.141 e. The van der Waals surface area contributed by atoms with Crippen LogP contribution in [0.3, 0.4) is 0 Å². The van der Waals surface area contributed by atoms with Crippen LogP contribution in [0.15, 0.2) is 24.3 Å². The Morgan fingerprint density at radius 1 is 1.36 bits per heavy atom. The molecule has 1 fully saturated rings. The summed E-state index contributed by atoms with van der Waals surface area (Å²) in [5.41, 5.74) is 3.30. The SMILES string of the molecule is COc1ccc2c(c1)CCCC2=CC[C@]1(C)C(=O)CC[C@@H]1O. The molecule has 0 aliphatic heterocycles. The fourth-order valence-electron chi connectivity index (χ4n) is 3.68. The summed E-state index contributed by atoms with van der Waals surface area (Å²) in [6.07, 6.45) is 6.66. The average Bonchev–Trinajstić information content (AvgIpc) is 2.80. The minimum Gasteiger partial charge on any atom is -0.497 e. The maximum atomic E-state index is 12.1. The molecule has 2 aliphatic carbocycles. The predicted molar refractivity (Wildman–Crippen MR) is 86.9 cm³/mol. The summed E-state index contributed by atoms with van der Waals surface area (Å²) in [6, 6.07) is 6.23. The lowest BCUT2D eigenvalue weighted by molar-refractivity contribution is -0.127. The van der Waals surface area contributed by atoms with Gasteiger partial charge in [-0.25, -0.2) is 0 Å².